The summed E-state index contributed by atoms with van der Waals surface area (Å²) < 4.78 is 1.13. The maximum absolute atomic E-state index is 12.1. The van der Waals surface area contributed by atoms with Crippen molar-refractivity contribution in [3.8, 4) is 0 Å². The molecule has 1 amide bonds. The van der Waals surface area contributed by atoms with Crippen LogP contribution in [-0.2, 0) is 4.79 Å². The molecule has 8 heteroatoms. The number of fused-ring (bicyclic) bond motifs is 1. The Morgan fingerprint density at radius 1 is 1.53 bits per heavy atom. The quantitative estimate of drug-likeness (QED) is 0.776. The maximum atomic E-state index is 12.1. The average molecular weight is 264 g/mol. The molecule has 2 aromatic rings. The van der Waals surface area contributed by atoms with Crippen LogP contribution in [0.3, 0.4) is 0 Å². The van der Waals surface area contributed by atoms with E-state index < -0.39 is 18.4 Å². The van der Waals surface area contributed by atoms with Crippen molar-refractivity contribution in [2.24, 2.45) is 0 Å². The fourth-order valence-corrected chi connectivity index (χ4v) is 1.73. The van der Waals surface area contributed by atoms with E-state index in [-0.39, 0.29) is 16.8 Å². The van der Waals surface area contributed by atoms with Crippen molar-refractivity contribution in [2.75, 3.05) is 13.6 Å². The van der Waals surface area contributed by atoms with Crippen LogP contribution in [0.1, 0.15) is 16.1 Å². The summed E-state index contributed by atoms with van der Waals surface area (Å²) in [6.45, 7) is 1.22. The molecule has 0 bridgehead atoms. The van der Waals surface area contributed by atoms with Crippen molar-refractivity contribution < 1.29 is 14.7 Å². The Morgan fingerprint density at radius 2 is 2.21 bits per heavy atom. The molecule has 2 heterocycles. The fourth-order valence-electron chi connectivity index (χ4n) is 1.73. The second kappa shape index (κ2) is 4.56. The summed E-state index contributed by atoms with van der Waals surface area (Å²) in [4.78, 5) is 39.5. The molecule has 19 heavy (non-hydrogen) atoms. The third kappa shape index (κ3) is 2.32. The van der Waals surface area contributed by atoms with Crippen LogP contribution >= 0.6 is 0 Å². The number of aliphatic carboxylic acids is 1. The molecule has 0 aliphatic heterocycles. The summed E-state index contributed by atoms with van der Waals surface area (Å²) in [5.74, 6) is -1.63. The lowest BCUT2D eigenvalue weighted by molar-refractivity contribution is -0.137. The number of H-pyrrole nitrogens is 1. The number of likely N-dealkylation sites (N-methyl/N-ethyl adjacent to an activating group) is 1. The van der Waals surface area contributed by atoms with Gasteiger partial charge >= 0.3 is 5.97 Å². The van der Waals surface area contributed by atoms with E-state index in [1.54, 1.807) is 6.92 Å². The maximum Gasteiger partial charge on any atom is 0.323 e. The molecule has 2 aromatic heterocycles. The van der Waals surface area contributed by atoms with Gasteiger partial charge < -0.3 is 10.0 Å². The topological polar surface area (TPSA) is 108 Å². The van der Waals surface area contributed by atoms with Gasteiger partial charge in [-0.05, 0) is 6.92 Å². The molecule has 0 aliphatic rings. The summed E-state index contributed by atoms with van der Waals surface area (Å²) in [7, 11) is 1.37. The summed E-state index contributed by atoms with van der Waals surface area (Å²) in [6, 6.07) is 1.33. The zero-order valence-corrected chi connectivity index (χ0v) is 10.4. The zero-order chi connectivity index (χ0) is 14.2. The molecular weight excluding hydrogens is 252 g/mol. The normalized spacial score (nSPS) is 10.6. The molecule has 0 saturated heterocycles. The molecule has 0 fully saturated rings. The average Bonchev–Trinajstić information content (AvgIpc) is 2.70. The van der Waals surface area contributed by atoms with Gasteiger partial charge in [0.2, 0.25) is 0 Å². The van der Waals surface area contributed by atoms with E-state index in [9.17, 15) is 14.4 Å². The summed E-state index contributed by atoms with van der Waals surface area (Å²) in [5, 5.41) is 11.3. The van der Waals surface area contributed by atoms with Crippen molar-refractivity contribution in [3.05, 3.63) is 33.9 Å². The van der Waals surface area contributed by atoms with Crippen LogP contribution in [-0.4, -0.2) is 50.1 Å². The Morgan fingerprint density at radius 3 is 2.84 bits per heavy atom. The highest BCUT2D eigenvalue weighted by atomic mass is 16.4. The molecule has 0 unspecified atom stereocenters. The first-order chi connectivity index (χ1) is 8.90. The number of nitrogens with zero attached hydrogens (tertiary/aromatic N) is 3. The first-order valence-electron chi connectivity index (χ1n) is 5.45. The molecule has 0 spiro atoms. The van der Waals surface area contributed by atoms with E-state index in [1.165, 1.54) is 19.3 Å². The lowest BCUT2D eigenvalue weighted by Gasteiger charge is -2.13. The number of carbonyl (C=O) groups is 2. The predicted molar refractivity (Wildman–Crippen MR) is 65.1 cm³/mol. The van der Waals surface area contributed by atoms with Crippen molar-refractivity contribution in [3.63, 3.8) is 0 Å². The number of aryl methyl sites for hydroxylation is 1. The highest BCUT2D eigenvalue weighted by molar-refractivity contribution is 6.00. The van der Waals surface area contributed by atoms with E-state index in [2.05, 4.69) is 10.1 Å². The molecule has 0 atom stereocenters. The Kier molecular flexibility index (Phi) is 3.07. The molecule has 100 valence electrons. The van der Waals surface area contributed by atoms with Crippen LogP contribution in [0.15, 0.2) is 17.1 Å². The van der Waals surface area contributed by atoms with Gasteiger partial charge in [0.15, 0.2) is 5.65 Å². The van der Waals surface area contributed by atoms with E-state index in [4.69, 9.17) is 5.11 Å². The van der Waals surface area contributed by atoms with Crippen molar-refractivity contribution in [2.45, 2.75) is 6.92 Å². The molecule has 2 N–H and O–H groups in total. The summed E-state index contributed by atoms with van der Waals surface area (Å²) in [5.41, 5.74) is 0.499. The van der Waals surface area contributed by atoms with Gasteiger partial charge in [0.25, 0.3) is 11.5 Å². The Hall–Kier alpha value is -2.64. The minimum Gasteiger partial charge on any atom is -0.480 e. The van der Waals surface area contributed by atoms with Crippen LogP contribution in [0.25, 0.3) is 5.65 Å². The number of amides is 1. The minimum absolute atomic E-state index is 0.157. The highest BCUT2D eigenvalue weighted by Crippen LogP contribution is 2.09. The second-order valence-electron chi connectivity index (χ2n) is 4.14. The molecule has 0 radical (unpaired) electrons. The predicted octanol–water partition coefficient (Wildman–Crippen LogP) is -0.512. The second-order valence-corrected chi connectivity index (χ2v) is 4.14. The molecular formula is C11H12N4O4. The standard InChI is InChI=1S/C11H12N4O4/c1-6-3-8(16)15-10(13-6)7(4-12-15)11(19)14(2)5-9(17)18/h3-4,12H,5H2,1-2H3,(H,17,18). The van der Waals surface area contributed by atoms with Gasteiger partial charge in [0.05, 0.1) is 0 Å². The van der Waals surface area contributed by atoms with Crippen molar-refractivity contribution in [1.82, 2.24) is 19.5 Å². The largest absolute Gasteiger partial charge is 0.480 e. The van der Waals surface area contributed by atoms with Crippen LogP contribution in [0.4, 0.5) is 0 Å². The van der Waals surface area contributed by atoms with E-state index in [0.29, 0.717) is 5.69 Å². The monoisotopic (exact) mass is 264 g/mol. The van der Waals surface area contributed by atoms with Crippen LogP contribution in [0, 0.1) is 6.92 Å². The van der Waals surface area contributed by atoms with Crippen molar-refractivity contribution in [1.29, 1.82) is 0 Å². The minimum atomic E-state index is -1.11. The number of rotatable bonds is 3. The third-order valence-electron chi connectivity index (χ3n) is 2.58. The van der Waals surface area contributed by atoms with E-state index in [0.717, 1.165) is 9.42 Å². The van der Waals surface area contributed by atoms with Gasteiger partial charge in [-0.25, -0.2) is 9.50 Å². The van der Waals surface area contributed by atoms with Gasteiger partial charge in [-0.2, -0.15) is 0 Å². The number of carboxylic acid groups (broad SMARTS) is 1. The molecule has 0 saturated carbocycles. The fraction of sp³-hybridized carbons (Fsp3) is 0.273. The third-order valence-corrected chi connectivity index (χ3v) is 2.58. The molecule has 8 nitrogen and oxygen atoms in total. The SMILES string of the molecule is Cc1cc(=O)n2[nH]cc(C(=O)N(C)CC(=O)O)c2n1. The number of aromatic nitrogens is 3. The Bertz CT molecular complexity index is 715. The number of hydrogen-bond acceptors (Lipinski definition) is 4. The van der Waals surface area contributed by atoms with Crippen LogP contribution in [0.5, 0.6) is 0 Å². The first-order valence-corrected chi connectivity index (χ1v) is 5.45. The van der Waals surface area contributed by atoms with E-state index in [1.807, 2.05) is 0 Å². The van der Waals surface area contributed by atoms with Gasteiger partial charge in [-0.1, -0.05) is 0 Å². The van der Waals surface area contributed by atoms with Gasteiger partial charge in [0, 0.05) is 25.0 Å². The first kappa shape index (κ1) is 12.8. The lowest BCUT2D eigenvalue weighted by Crippen LogP contribution is -2.32. The number of aromatic amines is 1. The highest BCUT2D eigenvalue weighted by Gasteiger charge is 2.19. The van der Waals surface area contributed by atoms with Crippen LogP contribution in [0.2, 0.25) is 0 Å². The van der Waals surface area contributed by atoms with Gasteiger partial charge in [-0.3, -0.25) is 19.5 Å². The smallest absolute Gasteiger partial charge is 0.323 e. The molecule has 2 rings (SSSR count). The zero-order valence-electron chi connectivity index (χ0n) is 10.4. The van der Waals surface area contributed by atoms with Gasteiger partial charge in [-0.15, -0.1) is 0 Å². The lowest BCUT2D eigenvalue weighted by atomic mass is 10.3. The molecule has 0 aromatic carbocycles. The summed E-state index contributed by atoms with van der Waals surface area (Å²) in [6.07, 6.45) is 1.34. The number of carbonyl (C=O) groups excluding carboxylic acids is 1. The Labute approximate surface area is 107 Å². The number of carboxylic acids is 1. The van der Waals surface area contributed by atoms with E-state index >= 15 is 0 Å². The Balaban J connectivity index is 2.49. The molecule has 0 aliphatic carbocycles. The van der Waals surface area contributed by atoms with Gasteiger partial charge in [0.1, 0.15) is 12.1 Å². The van der Waals surface area contributed by atoms with Crippen LogP contribution < -0.4 is 5.56 Å². The number of hydrogen-bond donors (Lipinski definition) is 2. The summed E-state index contributed by atoms with van der Waals surface area (Å²) >= 11 is 0. The number of nitrogens with one attached hydrogen (secondary N) is 1. The van der Waals surface area contributed by atoms with Crippen molar-refractivity contribution >= 4 is 17.5 Å².